The molecule has 4 nitrogen and oxygen atoms in total. The van der Waals surface area contributed by atoms with Gasteiger partial charge < -0.3 is 10.6 Å². The van der Waals surface area contributed by atoms with E-state index in [1.807, 2.05) is 19.1 Å². The lowest BCUT2D eigenvalue weighted by atomic mass is 9.94. The maximum Gasteiger partial charge on any atom is 0.242 e. The highest BCUT2D eigenvalue weighted by Gasteiger charge is 2.24. The van der Waals surface area contributed by atoms with E-state index >= 15 is 0 Å². The lowest BCUT2D eigenvalue weighted by Gasteiger charge is -2.27. The van der Waals surface area contributed by atoms with E-state index in [4.69, 9.17) is 0 Å². The number of nitrogens with one attached hydrogen (secondary N) is 2. The Morgan fingerprint density at radius 1 is 1.59 bits per heavy atom. The van der Waals surface area contributed by atoms with Crippen LogP contribution in [0.3, 0.4) is 0 Å². The zero-order chi connectivity index (χ0) is 12.3. The largest absolute Gasteiger partial charge is 0.309 e. The van der Waals surface area contributed by atoms with Crippen molar-refractivity contribution >= 4 is 11.7 Å². The van der Waals surface area contributed by atoms with Crippen LogP contribution in [0.15, 0.2) is 18.3 Å². The van der Waals surface area contributed by atoms with Crippen molar-refractivity contribution in [1.29, 1.82) is 0 Å². The van der Waals surface area contributed by atoms with Crippen LogP contribution < -0.4 is 10.6 Å². The lowest BCUT2D eigenvalue weighted by Crippen LogP contribution is -2.45. The molecule has 0 aliphatic carbocycles. The monoisotopic (exact) mass is 233 g/mol. The van der Waals surface area contributed by atoms with E-state index in [0.29, 0.717) is 11.7 Å². The van der Waals surface area contributed by atoms with Crippen LogP contribution in [0.5, 0.6) is 0 Å². The molecule has 17 heavy (non-hydrogen) atoms. The quantitative estimate of drug-likeness (QED) is 0.817. The first-order valence-electron chi connectivity index (χ1n) is 6.12. The van der Waals surface area contributed by atoms with Crippen LogP contribution in [-0.4, -0.2) is 23.5 Å². The first kappa shape index (κ1) is 12.0. The number of nitrogens with zero attached hydrogens (tertiary/aromatic N) is 1. The molecule has 1 saturated heterocycles. The van der Waals surface area contributed by atoms with Gasteiger partial charge in [-0.15, -0.1) is 0 Å². The molecule has 1 aromatic heterocycles. The highest BCUT2D eigenvalue weighted by molar-refractivity contribution is 5.94. The maximum atomic E-state index is 12.0. The zero-order valence-electron chi connectivity index (χ0n) is 10.4. The Morgan fingerprint density at radius 3 is 3.12 bits per heavy atom. The number of aryl methyl sites for hydroxylation is 1. The van der Waals surface area contributed by atoms with Gasteiger partial charge in [0, 0.05) is 6.20 Å². The van der Waals surface area contributed by atoms with Crippen LogP contribution >= 0.6 is 0 Å². The van der Waals surface area contributed by atoms with Gasteiger partial charge in [-0.1, -0.05) is 6.92 Å². The van der Waals surface area contributed by atoms with Crippen molar-refractivity contribution in [2.75, 3.05) is 11.9 Å². The van der Waals surface area contributed by atoms with Crippen molar-refractivity contribution in [3.8, 4) is 0 Å². The molecule has 92 valence electrons. The minimum atomic E-state index is -0.0823. The normalized spacial score (nSPS) is 24.4. The van der Waals surface area contributed by atoms with Gasteiger partial charge in [-0.2, -0.15) is 0 Å². The van der Waals surface area contributed by atoms with Crippen molar-refractivity contribution < 1.29 is 4.79 Å². The van der Waals surface area contributed by atoms with Gasteiger partial charge in [-0.25, -0.2) is 4.98 Å². The third kappa shape index (κ3) is 3.27. The number of aromatic nitrogens is 1. The molecular formula is C13H19N3O. The van der Waals surface area contributed by atoms with E-state index in [2.05, 4.69) is 22.5 Å². The van der Waals surface area contributed by atoms with Crippen molar-refractivity contribution in [2.24, 2.45) is 5.92 Å². The summed E-state index contributed by atoms with van der Waals surface area (Å²) in [7, 11) is 0. The predicted octanol–water partition coefficient (Wildman–Crippen LogP) is 1.72. The second kappa shape index (κ2) is 5.27. The summed E-state index contributed by atoms with van der Waals surface area (Å²) in [6, 6.07) is 3.71. The number of carbonyl (C=O) groups excluding carboxylic acids is 1. The minimum absolute atomic E-state index is 0.0228. The summed E-state index contributed by atoms with van der Waals surface area (Å²) in [5.74, 6) is 1.27. The van der Waals surface area contributed by atoms with E-state index in [1.54, 1.807) is 6.20 Å². The van der Waals surface area contributed by atoms with Gasteiger partial charge in [-0.05, 0) is 49.9 Å². The predicted molar refractivity (Wildman–Crippen MR) is 67.8 cm³/mol. The summed E-state index contributed by atoms with van der Waals surface area (Å²) in [6.45, 7) is 5.09. The molecule has 1 amide bonds. The smallest absolute Gasteiger partial charge is 0.242 e. The molecule has 1 fully saturated rings. The summed E-state index contributed by atoms with van der Waals surface area (Å²) in [6.07, 6.45) is 3.76. The third-order valence-electron chi connectivity index (χ3n) is 3.15. The molecule has 0 bridgehead atoms. The Bertz CT molecular complexity index is 405. The summed E-state index contributed by atoms with van der Waals surface area (Å²) >= 11 is 0. The molecule has 1 aliphatic rings. The molecule has 2 N–H and O–H groups in total. The molecule has 2 rings (SSSR count). The Morgan fingerprint density at radius 2 is 2.41 bits per heavy atom. The lowest BCUT2D eigenvalue weighted by molar-refractivity contribution is -0.119. The Kier molecular flexibility index (Phi) is 3.74. The van der Waals surface area contributed by atoms with Crippen LogP contribution in [-0.2, 0) is 4.79 Å². The number of rotatable bonds is 2. The molecule has 4 heteroatoms. The maximum absolute atomic E-state index is 12.0. The van der Waals surface area contributed by atoms with E-state index in [0.717, 1.165) is 24.9 Å². The fraction of sp³-hybridized carbons (Fsp3) is 0.538. The van der Waals surface area contributed by atoms with Crippen molar-refractivity contribution in [1.82, 2.24) is 10.3 Å². The van der Waals surface area contributed by atoms with Crippen molar-refractivity contribution in [2.45, 2.75) is 32.7 Å². The fourth-order valence-corrected chi connectivity index (χ4v) is 2.13. The average Bonchev–Trinajstić information content (AvgIpc) is 2.29. The number of anilines is 1. The standard InChI is InChI=1S/C13H19N3O/c1-9-3-5-14-11(7-9)13(17)16-12-8-10(2)4-6-15-12/h4,6,8-9,11,14H,3,5,7H2,1-2H3,(H,15,16,17). The third-order valence-corrected chi connectivity index (χ3v) is 3.15. The number of carbonyl (C=O) groups is 1. The number of hydrogen-bond donors (Lipinski definition) is 2. The first-order chi connectivity index (χ1) is 8.15. The highest BCUT2D eigenvalue weighted by Crippen LogP contribution is 2.16. The molecule has 0 radical (unpaired) electrons. The molecule has 1 aliphatic heterocycles. The van der Waals surface area contributed by atoms with Crippen LogP contribution in [0.1, 0.15) is 25.3 Å². The van der Waals surface area contributed by atoms with Gasteiger partial charge >= 0.3 is 0 Å². The SMILES string of the molecule is Cc1ccnc(NC(=O)C2CC(C)CCN2)c1. The molecule has 0 spiro atoms. The first-order valence-corrected chi connectivity index (χ1v) is 6.12. The highest BCUT2D eigenvalue weighted by atomic mass is 16.2. The molecule has 0 aromatic carbocycles. The second-order valence-electron chi connectivity index (χ2n) is 4.84. The summed E-state index contributed by atoms with van der Waals surface area (Å²) in [5.41, 5.74) is 1.10. The van der Waals surface area contributed by atoms with Crippen LogP contribution in [0.25, 0.3) is 0 Å². The van der Waals surface area contributed by atoms with Gasteiger partial charge in [0.15, 0.2) is 0 Å². The minimum Gasteiger partial charge on any atom is -0.309 e. The van der Waals surface area contributed by atoms with Crippen molar-refractivity contribution in [3.05, 3.63) is 23.9 Å². The van der Waals surface area contributed by atoms with Gasteiger partial charge in [0.1, 0.15) is 5.82 Å². The van der Waals surface area contributed by atoms with E-state index in [9.17, 15) is 4.79 Å². The second-order valence-corrected chi connectivity index (χ2v) is 4.84. The van der Waals surface area contributed by atoms with Crippen LogP contribution in [0.2, 0.25) is 0 Å². The zero-order valence-corrected chi connectivity index (χ0v) is 10.4. The van der Waals surface area contributed by atoms with Gasteiger partial charge in [0.05, 0.1) is 6.04 Å². The summed E-state index contributed by atoms with van der Waals surface area (Å²) in [5, 5.41) is 6.10. The molecular weight excluding hydrogens is 214 g/mol. The number of hydrogen-bond acceptors (Lipinski definition) is 3. The fourth-order valence-electron chi connectivity index (χ4n) is 2.13. The molecule has 2 heterocycles. The number of pyridine rings is 1. The Balaban J connectivity index is 1.96. The van der Waals surface area contributed by atoms with Gasteiger partial charge in [0.25, 0.3) is 0 Å². The Labute approximate surface area is 102 Å². The van der Waals surface area contributed by atoms with E-state index in [-0.39, 0.29) is 11.9 Å². The van der Waals surface area contributed by atoms with Gasteiger partial charge in [-0.3, -0.25) is 4.79 Å². The van der Waals surface area contributed by atoms with Gasteiger partial charge in [0.2, 0.25) is 5.91 Å². The van der Waals surface area contributed by atoms with E-state index in [1.165, 1.54) is 0 Å². The van der Waals surface area contributed by atoms with Crippen LogP contribution in [0, 0.1) is 12.8 Å². The number of piperidine rings is 1. The summed E-state index contributed by atoms with van der Waals surface area (Å²) in [4.78, 5) is 16.1. The molecule has 0 saturated carbocycles. The van der Waals surface area contributed by atoms with Crippen molar-refractivity contribution in [3.63, 3.8) is 0 Å². The average molecular weight is 233 g/mol. The molecule has 1 aromatic rings. The Hall–Kier alpha value is -1.42. The topological polar surface area (TPSA) is 54.0 Å². The number of amides is 1. The summed E-state index contributed by atoms with van der Waals surface area (Å²) < 4.78 is 0. The van der Waals surface area contributed by atoms with E-state index < -0.39 is 0 Å². The van der Waals surface area contributed by atoms with Crippen LogP contribution in [0.4, 0.5) is 5.82 Å². The molecule has 2 unspecified atom stereocenters. The molecule has 2 atom stereocenters.